The summed E-state index contributed by atoms with van der Waals surface area (Å²) in [5.74, 6) is 0.735. The zero-order valence-electron chi connectivity index (χ0n) is 10.0. The Morgan fingerprint density at radius 3 is 3.00 bits per heavy atom. The minimum absolute atomic E-state index is 0.0342. The average Bonchev–Trinajstić information content (AvgIpc) is 2.74. The monoisotopic (exact) mass is 234 g/mol. The van der Waals surface area contributed by atoms with Crippen molar-refractivity contribution in [1.82, 2.24) is 4.98 Å². The summed E-state index contributed by atoms with van der Waals surface area (Å²) in [6.45, 7) is 0.554. The number of pyridine rings is 1. The molecule has 0 saturated carbocycles. The Labute approximate surface area is 101 Å². The fourth-order valence-corrected chi connectivity index (χ4v) is 2.21. The molecule has 0 radical (unpaired) electrons. The molecule has 1 aromatic rings. The summed E-state index contributed by atoms with van der Waals surface area (Å²) in [5.41, 5.74) is 8.58. The second kappa shape index (κ2) is 4.71. The van der Waals surface area contributed by atoms with Crippen molar-refractivity contribution in [3.05, 3.63) is 22.9 Å². The molecule has 0 aromatic carbocycles. The van der Waals surface area contributed by atoms with Crippen LogP contribution >= 0.6 is 0 Å². The third-order valence-electron chi connectivity index (χ3n) is 3.12. The summed E-state index contributed by atoms with van der Waals surface area (Å²) in [4.78, 5) is 6.43. The van der Waals surface area contributed by atoms with Crippen LogP contribution in [-0.2, 0) is 12.8 Å². The van der Waals surface area contributed by atoms with Crippen molar-refractivity contribution in [1.29, 1.82) is 5.41 Å². The highest BCUT2D eigenvalue weighted by atomic mass is 16.3. The fraction of sp³-hybridized carbons (Fsp3) is 0.500. The number of rotatable bonds is 4. The van der Waals surface area contributed by atoms with Crippen LogP contribution in [0.15, 0.2) is 6.07 Å². The van der Waals surface area contributed by atoms with E-state index in [4.69, 9.17) is 16.2 Å². The molecule has 0 saturated heterocycles. The number of likely N-dealkylation sites (N-methyl/N-ethyl adjacent to an activating group) is 1. The normalized spacial score (nSPS) is 13.5. The SMILES string of the molecule is CN(CCO)c1nc2c(cc1C(=N)N)CCC2. The van der Waals surface area contributed by atoms with Crippen molar-refractivity contribution >= 4 is 11.7 Å². The summed E-state index contributed by atoms with van der Waals surface area (Å²) in [6.07, 6.45) is 3.13. The van der Waals surface area contributed by atoms with Gasteiger partial charge in [0.25, 0.3) is 0 Å². The number of nitrogens with one attached hydrogen (secondary N) is 1. The van der Waals surface area contributed by atoms with Gasteiger partial charge in [-0.25, -0.2) is 4.98 Å². The van der Waals surface area contributed by atoms with Gasteiger partial charge < -0.3 is 15.7 Å². The van der Waals surface area contributed by atoms with Crippen LogP contribution in [0.2, 0.25) is 0 Å². The van der Waals surface area contributed by atoms with Crippen LogP contribution in [0.5, 0.6) is 0 Å². The largest absolute Gasteiger partial charge is 0.395 e. The molecular weight excluding hydrogens is 216 g/mol. The number of hydrogen-bond acceptors (Lipinski definition) is 4. The molecule has 5 heteroatoms. The van der Waals surface area contributed by atoms with Crippen LogP contribution in [-0.4, -0.2) is 36.1 Å². The zero-order valence-corrected chi connectivity index (χ0v) is 10.0. The third kappa shape index (κ3) is 2.24. The van der Waals surface area contributed by atoms with Gasteiger partial charge in [0.2, 0.25) is 0 Å². The number of nitrogens with two attached hydrogens (primary N) is 1. The Morgan fingerprint density at radius 2 is 2.35 bits per heavy atom. The molecule has 0 aliphatic heterocycles. The van der Waals surface area contributed by atoms with Crippen LogP contribution < -0.4 is 10.6 Å². The van der Waals surface area contributed by atoms with E-state index in [1.54, 1.807) is 0 Å². The smallest absolute Gasteiger partial charge is 0.139 e. The Morgan fingerprint density at radius 1 is 1.59 bits per heavy atom. The summed E-state index contributed by atoms with van der Waals surface area (Å²) >= 11 is 0. The molecule has 92 valence electrons. The number of nitrogens with zero attached hydrogens (tertiary/aromatic N) is 2. The maximum atomic E-state index is 8.97. The third-order valence-corrected chi connectivity index (χ3v) is 3.12. The Hall–Kier alpha value is -1.62. The van der Waals surface area contributed by atoms with Crippen LogP contribution in [0.1, 0.15) is 23.2 Å². The number of fused-ring (bicyclic) bond motifs is 1. The molecule has 0 unspecified atom stereocenters. The second-order valence-corrected chi connectivity index (χ2v) is 4.38. The molecule has 1 aliphatic rings. The summed E-state index contributed by atoms with van der Waals surface area (Å²) in [7, 11) is 1.85. The van der Waals surface area contributed by atoms with Gasteiger partial charge in [0.05, 0.1) is 12.2 Å². The molecule has 0 spiro atoms. The molecule has 17 heavy (non-hydrogen) atoms. The lowest BCUT2D eigenvalue weighted by Gasteiger charge is -2.21. The van der Waals surface area contributed by atoms with Crippen LogP contribution in [0.25, 0.3) is 0 Å². The predicted octanol–water partition coefficient (Wildman–Crippen LogP) is 0.283. The van der Waals surface area contributed by atoms with Crippen molar-refractivity contribution < 1.29 is 5.11 Å². The first-order valence-electron chi connectivity index (χ1n) is 5.82. The number of anilines is 1. The highest BCUT2D eigenvalue weighted by Gasteiger charge is 2.19. The first-order chi connectivity index (χ1) is 8.13. The Balaban J connectivity index is 2.45. The highest BCUT2D eigenvalue weighted by molar-refractivity contribution is 5.99. The number of hydrogen-bond donors (Lipinski definition) is 3. The summed E-state index contributed by atoms with van der Waals surface area (Å²) in [6, 6.07) is 1.97. The van der Waals surface area contributed by atoms with E-state index >= 15 is 0 Å². The number of aliphatic hydroxyl groups is 1. The fourth-order valence-electron chi connectivity index (χ4n) is 2.21. The average molecular weight is 234 g/mol. The van der Waals surface area contributed by atoms with E-state index < -0.39 is 0 Å². The van der Waals surface area contributed by atoms with Gasteiger partial charge in [-0.15, -0.1) is 0 Å². The molecular formula is C12H18N4O. The van der Waals surface area contributed by atoms with Crippen molar-refractivity contribution in [3.63, 3.8) is 0 Å². The van der Waals surface area contributed by atoms with Gasteiger partial charge in [-0.05, 0) is 30.9 Å². The molecule has 1 aliphatic carbocycles. The van der Waals surface area contributed by atoms with Gasteiger partial charge in [-0.3, -0.25) is 5.41 Å². The maximum absolute atomic E-state index is 8.97. The van der Waals surface area contributed by atoms with E-state index in [1.807, 2.05) is 18.0 Å². The lowest BCUT2D eigenvalue weighted by Crippen LogP contribution is -2.26. The van der Waals surface area contributed by atoms with Gasteiger partial charge in [0.1, 0.15) is 11.7 Å². The standard InChI is InChI=1S/C12H18N4O/c1-16(5-6-17)12-9(11(13)14)7-8-3-2-4-10(8)15-12/h7,17H,2-6H2,1H3,(H3,13,14). The maximum Gasteiger partial charge on any atom is 0.139 e. The Bertz CT molecular complexity index is 444. The van der Waals surface area contributed by atoms with E-state index in [0.717, 1.165) is 25.0 Å². The molecule has 0 fully saturated rings. The molecule has 0 atom stereocenters. The number of amidine groups is 1. The lowest BCUT2D eigenvalue weighted by atomic mass is 10.1. The topological polar surface area (TPSA) is 86.2 Å². The molecule has 4 N–H and O–H groups in total. The summed E-state index contributed by atoms with van der Waals surface area (Å²) < 4.78 is 0. The Kier molecular flexibility index (Phi) is 3.28. The zero-order chi connectivity index (χ0) is 12.4. The quantitative estimate of drug-likeness (QED) is 0.516. The van der Waals surface area contributed by atoms with E-state index in [0.29, 0.717) is 17.9 Å². The van der Waals surface area contributed by atoms with Crippen LogP contribution in [0, 0.1) is 5.41 Å². The first-order valence-corrected chi connectivity index (χ1v) is 5.82. The van der Waals surface area contributed by atoms with Crippen LogP contribution in [0.3, 0.4) is 0 Å². The number of nitrogen functional groups attached to an aromatic ring is 1. The number of aliphatic hydroxyl groups excluding tert-OH is 1. The molecule has 1 aromatic heterocycles. The number of aromatic nitrogens is 1. The van der Waals surface area contributed by atoms with Crippen LogP contribution in [0.4, 0.5) is 5.82 Å². The second-order valence-electron chi connectivity index (χ2n) is 4.38. The predicted molar refractivity (Wildman–Crippen MR) is 67.6 cm³/mol. The minimum atomic E-state index is 0.0342. The molecule has 5 nitrogen and oxygen atoms in total. The van der Waals surface area contributed by atoms with Crippen molar-refractivity contribution in [2.45, 2.75) is 19.3 Å². The van der Waals surface area contributed by atoms with Gasteiger partial charge in [0, 0.05) is 19.3 Å². The van der Waals surface area contributed by atoms with E-state index in [9.17, 15) is 0 Å². The lowest BCUT2D eigenvalue weighted by molar-refractivity contribution is 0.304. The van der Waals surface area contributed by atoms with Gasteiger partial charge in [-0.2, -0.15) is 0 Å². The van der Waals surface area contributed by atoms with Crippen molar-refractivity contribution in [2.75, 3.05) is 25.1 Å². The molecule has 0 amide bonds. The van der Waals surface area contributed by atoms with E-state index in [2.05, 4.69) is 4.98 Å². The minimum Gasteiger partial charge on any atom is -0.395 e. The van der Waals surface area contributed by atoms with Gasteiger partial charge >= 0.3 is 0 Å². The van der Waals surface area contributed by atoms with Gasteiger partial charge in [0.15, 0.2) is 0 Å². The summed E-state index contributed by atoms with van der Waals surface area (Å²) in [5, 5.41) is 16.6. The van der Waals surface area contributed by atoms with Gasteiger partial charge in [-0.1, -0.05) is 0 Å². The number of aryl methyl sites for hydroxylation is 2. The van der Waals surface area contributed by atoms with Crippen molar-refractivity contribution in [3.8, 4) is 0 Å². The van der Waals surface area contributed by atoms with E-state index in [1.165, 1.54) is 5.56 Å². The van der Waals surface area contributed by atoms with E-state index in [-0.39, 0.29) is 12.4 Å². The highest BCUT2D eigenvalue weighted by Crippen LogP contribution is 2.26. The molecule has 1 heterocycles. The van der Waals surface area contributed by atoms with Crippen molar-refractivity contribution in [2.24, 2.45) is 5.73 Å². The first kappa shape index (κ1) is 11.9. The molecule has 2 rings (SSSR count). The molecule has 0 bridgehead atoms.